The monoisotopic (exact) mass is 331 g/mol. The van der Waals surface area contributed by atoms with Gasteiger partial charge in [-0.1, -0.05) is 23.9 Å². The minimum Gasteiger partial charge on any atom is -0.497 e. The van der Waals surface area contributed by atoms with E-state index < -0.39 is 0 Å². The van der Waals surface area contributed by atoms with Gasteiger partial charge in [-0.05, 0) is 24.0 Å². The molecule has 2 heterocycles. The first kappa shape index (κ1) is 15.6. The lowest BCUT2D eigenvalue weighted by Gasteiger charge is -2.27. The quantitative estimate of drug-likeness (QED) is 0.688. The molecule has 1 aliphatic rings. The first-order chi connectivity index (χ1) is 11.0. The maximum absolute atomic E-state index is 12.5. The number of rotatable bonds is 3. The Morgan fingerprint density at radius 2 is 2.17 bits per heavy atom. The smallest absolute Gasteiger partial charge is 0.279 e. The van der Waals surface area contributed by atoms with Crippen molar-refractivity contribution >= 4 is 23.5 Å². The second-order valence-corrected chi connectivity index (χ2v) is 6.08. The second kappa shape index (κ2) is 6.08. The number of benzene rings is 1. The van der Waals surface area contributed by atoms with Gasteiger partial charge in [-0.3, -0.25) is 9.59 Å². The normalized spacial score (nSPS) is 16.7. The minimum atomic E-state index is -0.323. The fourth-order valence-electron chi connectivity index (χ4n) is 2.86. The summed E-state index contributed by atoms with van der Waals surface area (Å²) in [7, 11) is 3.39. The number of hydrogen-bond acceptors (Lipinski definition) is 5. The maximum Gasteiger partial charge on any atom is 0.279 e. The molecule has 6 nitrogen and oxygen atoms in total. The zero-order valence-corrected chi connectivity index (χ0v) is 13.9. The Bertz CT molecular complexity index is 832. The zero-order chi connectivity index (χ0) is 16.6. The minimum absolute atomic E-state index is 0.112. The van der Waals surface area contributed by atoms with Crippen LogP contribution in [0.4, 0.5) is 5.82 Å². The van der Waals surface area contributed by atoms with E-state index in [0.717, 1.165) is 5.56 Å². The van der Waals surface area contributed by atoms with Crippen LogP contribution in [0.2, 0.25) is 0 Å². The van der Waals surface area contributed by atoms with Gasteiger partial charge in [-0.25, -0.2) is 0 Å². The Kier molecular flexibility index (Phi) is 4.12. The lowest BCUT2D eigenvalue weighted by molar-refractivity contribution is -0.116. The van der Waals surface area contributed by atoms with Crippen LogP contribution in [0.25, 0.3) is 0 Å². The predicted molar refractivity (Wildman–Crippen MR) is 89.3 cm³/mol. The molecule has 3 rings (SSSR count). The van der Waals surface area contributed by atoms with Gasteiger partial charge >= 0.3 is 0 Å². The molecule has 0 unspecified atom stereocenters. The molecule has 0 fully saturated rings. The van der Waals surface area contributed by atoms with Gasteiger partial charge in [0.25, 0.3) is 5.56 Å². The number of methoxy groups -OCH3 is 1. The van der Waals surface area contributed by atoms with Gasteiger partial charge < -0.3 is 14.6 Å². The molecule has 0 spiro atoms. The van der Waals surface area contributed by atoms with Crippen LogP contribution in [0.1, 0.15) is 23.5 Å². The van der Waals surface area contributed by atoms with Crippen molar-refractivity contribution in [2.45, 2.75) is 17.5 Å². The van der Waals surface area contributed by atoms with E-state index in [1.807, 2.05) is 30.5 Å². The van der Waals surface area contributed by atoms with E-state index >= 15 is 0 Å². The van der Waals surface area contributed by atoms with Gasteiger partial charge in [0, 0.05) is 19.4 Å². The molecule has 1 aromatic heterocycles. The molecule has 1 amide bonds. The van der Waals surface area contributed by atoms with E-state index in [1.54, 1.807) is 18.7 Å². The molecule has 0 aliphatic carbocycles. The summed E-state index contributed by atoms with van der Waals surface area (Å²) in [6.07, 6.45) is 2.06. The molecule has 1 aromatic carbocycles. The number of aromatic nitrogens is 2. The standard InChI is InChI=1S/C16H17N3O3S/c1-19-14-13(15(21)18-16(19)23-3)11(8-12(20)17-14)9-5-4-6-10(7-9)22-2/h4-7,11H,8H2,1-3H3,(H,17,20)/t11-/m0/s1. The largest absolute Gasteiger partial charge is 0.497 e. The van der Waals surface area contributed by atoms with Crippen LogP contribution in [0, 0.1) is 0 Å². The van der Waals surface area contributed by atoms with Crippen LogP contribution in [-0.4, -0.2) is 28.8 Å². The van der Waals surface area contributed by atoms with E-state index in [0.29, 0.717) is 22.3 Å². The lowest BCUT2D eigenvalue weighted by atomic mass is 9.86. The van der Waals surface area contributed by atoms with Crippen molar-refractivity contribution < 1.29 is 9.53 Å². The number of ether oxygens (including phenoxy) is 1. The van der Waals surface area contributed by atoms with E-state index in [-0.39, 0.29) is 23.8 Å². The molecule has 7 heteroatoms. The average molecular weight is 331 g/mol. The highest BCUT2D eigenvalue weighted by Crippen LogP contribution is 2.36. The van der Waals surface area contributed by atoms with Crippen molar-refractivity contribution in [1.82, 2.24) is 9.55 Å². The fraction of sp³-hybridized carbons (Fsp3) is 0.312. The van der Waals surface area contributed by atoms with Crippen LogP contribution < -0.4 is 15.6 Å². The maximum atomic E-state index is 12.5. The number of hydrogen-bond donors (Lipinski definition) is 1. The Hall–Kier alpha value is -2.28. The molecular weight excluding hydrogens is 314 g/mol. The summed E-state index contributed by atoms with van der Waals surface area (Å²) in [5, 5.41) is 3.38. The van der Waals surface area contributed by atoms with E-state index in [9.17, 15) is 9.59 Å². The van der Waals surface area contributed by atoms with Crippen molar-refractivity contribution in [1.29, 1.82) is 0 Å². The SMILES string of the molecule is COc1cccc([C@@H]2CC(=O)Nc3c2c(=O)nc(SC)n3C)c1. The van der Waals surface area contributed by atoms with Crippen molar-refractivity contribution in [2.24, 2.45) is 7.05 Å². The molecule has 2 aromatic rings. The van der Waals surface area contributed by atoms with Crippen LogP contribution in [0.5, 0.6) is 5.75 Å². The highest BCUT2D eigenvalue weighted by molar-refractivity contribution is 7.98. The summed E-state index contributed by atoms with van der Waals surface area (Å²) in [5.74, 6) is 0.786. The van der Waals surface area contributed by atoms with E-state index in [1.165, 1.54) is 11.8 Å². The molecule has 1 N–H and O–H groups in total. The molecule has 0 radical (unpaired) electrons. The highest BCUT2D eigenvalue weighted by atomic mass is 32.2. The Morgan fingerprint density at radius 3 is 2.87 bits per heavy atom. The molecule has 1 aliphatic heterocycles. The number of carbonyl (C=O) groups is 1. The summed E-state index contributed by atoms with van der Waals surface area (Å²) in [5.41, 5.74) is 1.10. The third-order valence-electron chi connectivity index (χ3n) is 3.98. The van der Waals surface area contributed by atoms with Crippen LogP contribution in [-0.2, 0) is 11.8 Å². The highest BCUT2D eigenvalue weighted by Gasteiger charge is 2.32. The average Bonchev–Trinajstić information content (AvgIpc) is 2.57. The van der Waals surface area contributed by atoms with Gasteiger partial charge in [-0.2, -0.15) is 4.98 Å². The van der Waals surface area contributed by atoms with Gasteiger partial charge in [0.15, 0.2) is 5.16 Å². The third kappa shape index (κ3) is 2.72. The molecule has 23 heavy (non-hydrogen) atoms. The fourth-order valence-corrected chi connectivity index (χ4v) is 3.40. The van der Waals surface area contributed by atoms with Crippen molar-refractivity contribution in [3.8, 4) is 5.75 Å². The van der Waals surface area contributed by atoms with Gasteiger partial charge in [0.1, 0.15) is 11.6 Å². The molecular formula is C16H17N3O3S. The molecule has 1 atom stereocenters. The number of anilines is 1. The van der Waals surface area contributed by atoms with Crippen molar-refractivity contribution in [3.63, 3.8) is 0 Å². The summed E-state index contributed by atoms with van der Waals surface area (Å²) in [6, 6.07) is 7.45. The van der Waals surface area contributed by atoms with E-state index in [2.05, 4.69) is 10.3 Å². The van der Waals surface area contributed by atoms with Crippen molar-refractivity contribution in [2.75, 3.05) is 18.7 Å². The van der Waals surface area contributed by atoms with Crippen molar-refractivity contribution in [3.05, 3.63) is 45.7 Å². The van der Waals surface area contributed by atoms with Crippen LogP contribution in [0.15, 0.2) is 34.2 Å². The Morgan fingerprint density at radius 1 is 1.39 bits per heavy atom. The number of fused-ring (bicyclic) bond motifs is 1. The first-order valence-electron chi connectivity index (χ1n) is 7.14. The van der Waals surface area contributed by atoms with E-state index in [4.69, 9.17) is 4.74 Å². The predicted octanol–water partition coefficient (Wildman–Crippen LogP) is 1.98. The first-order valence-corrected chi connectivity index (χ1v) is 8.36. The summed E-state index contributed by atoms with van der Waals surface area (Å²) in [6.45, 7) is 0. The molecule has 0 bridgehead atoms. The Balaban J connectivity index is 2.21. The number of thioether (sulfide) groups is 1. The topological polar surface area (TPSA) is 73.2 Å². The third-order valence-corrected chi connectivity index (χ3v) is 4.71. The number of amides is 1. The summed E-state index contributed by atoms with van der Waals surface area (Å²) >= 11 is 1.37. The molecule has 0 saturated carbocycles. The lowest BCUT2D eigenvalue weighted by Crippen LogP contribution is -2.33. The number of carbonyl (C=O) groups excluding carboxylic acids is 1. The number of nitrogens with one attached hydrogen (secondary N) is 1. The molecule has 120 valence electrons. The van der Waals surface area contributed by atoms with Crippen LogP contribution in [0.3, 0.4) is 0 Å². The number of nitrogens with zero attached hydrogens (tertiary/aromatic N) is 2. The summed E-state index contributed by atoms with van der Waals surface area (Å²) < 4.78 is 7.00. The van der Waals surface area contributed by atoms with Gasteiger partial charge in [-0.15, -0.1) is 0 Å². The van der Waals surface area contributed by atoms with Gasteiger partial charge in [0.2, 0.25) is 5.91 Å². The second-order valence-electron chi connectivity index (χ2n) is 5.31. The Labute approximate surface area is 137 Å². The molecule has 0 saturated heterocycles. The van der Waals surface area contributed by atoms with Gasteiger partial charge in [0.05, 0.1) is 12.7 Å². The zero-order valence-electron chi connectivity index (χ0n) is 13.1. The van der Waals surface area contributed by atoms with Crippen LogP contribution >= 0.6 is 11.8 Å². The summed E-state index contributed by atoms with van der Waals surface area (Å²) in [4.78, 5) is 28.8.